The highest BCUT2D eigenvalue weighted by molar-refractivity contribution is 7.89. The van der Waals surface area contributed by atoms with Crippen LogP contribution in [0.5, 0.6) is 5.75 Å². The number of rotatable bonds is 5. The average molecular weight is 507 g/mol. The molecule has 2 heterocycles. The second kappa shape index (κ2) is 8.77. The van der Waals surface area contributed by atoms with Crippen LogP contribution in [0.2, 0.25) is 0 Å². The van der Waals surface area contributed by atoms with Gasteiger partial charge in [-0.25, -0.2) is 23.1 Å². The maximum Gasteiger partial charge on any atom is 0.573 e. The Morgan fingerprint density at radius 3 is 2.54 bits per heavy atom. The number of nitrogens with zero attached hydrogens (tertiary/aromatic N) is 3. The lowest BCUT2D eigenvalue weighted by Crippen LogP contribution is -2.49. The van der Waals surface area contributed by atoms with Gasteiger partial charge in [0.05, 0.1) is 28.6 Å². The molecule has 0 aliphatic heterocycles. The summed E-state index contributed by atoms with van der Waals surface area (Å²) in [6.07, 6.45) is -1.15. The zero-order chi connectivity index (χ0) is 24.8. The third-order valence-electron chi connectivity index (χ3n) is 6.20. The van der Waals surface area contributed by atoms with Crippen LogP contribution in [0.3, 0.4) is 0 Å². The van der Waals surface area contributed by atoms with Gasteiger partial charge in [0.15, 0.2) is 0 Å². The number of hydrogen-bond acceptors (Lipinski definition) is 6. The molecule has 4 aromatic rings. The Morgan fingerprint density at radius 1 is 1.06 bits per heavy atom. The van der Waals surface area contributed by atoms with Gasteiger partial charge in [-0.1, -0.05) is 18.2 Å². The fourth-order valence-electron chi connectivity index (χ4n) is 4.72. The quantitative estimate of drug-likeness (QED) is 0.425. The molecule has 0 radical (unpaired) electrons. The Labute approximate surface area is 198 Å². The zero-order valence-electron chi connectivity index (χ0n) is 18.2. The number of fused-ring (bicyclic) bond motifs is 3. The number of nitrogens with one attached hydrogen (secondary N) is 1. The number of aromatic nitrogens is 3. The second-order valence-electron chi connectivity index (χ2n) is 8.38. The maximum absolute atomic E-state index is 12.9. The van der Waals surface area contributed by atoms with Gasteiger partial charge in [0.1, 0.15) is 17.7 Å². The molecule has 0 amide bonds. The Hall–Kier alpha value is -3.22. The van der Waals surface area contributed by atoms with Gasteiger partial charge in [0.2, 0.25) is 10.0 Å². The Kier molecular flexibility index (Phi) is 5.90. The zero-order valence-corrected chi connectivity index (χ0v) is 19.0. The Bertz CT molecular complexity index is 1420. The number of para-hydroxylation sites is 1. The highest BCUT2D eigenvalue weighted by atomic mass is 32.2. The number of aliphatic hydroxyl groups is 1. The molecule has 2 aromatic carbocycles. The number of halogens is 3. The predicted molar refractivity (Wildman–Crippen MR) is 121 cm³/mol. The van der Waals surface area contributed by atoms with Crippen LogP contribution < -0.4 is 9.46 Å². The number of alkyl halides is 3. The molecule has 0 saturated heterocycles. The van der Waals surface area contributed by atoms with Gasteiger partial charge in [-0.3, -0.25) is 0 Å². The van der Waals surface area contributed by atoms with E-state index in [-0.39, 0.29) is 4.90 Å². The molecule has 1 aliphatic rings. The first kappa shape index (κ1) is 23.5. The molecule has 1 unspecified atom stereocenters. The lowest BCUT2D eigenvalue weighted by Gasteiger charge is -2.36. The largest absolute Gasteiger partial charge is 0.573 e. The molecule has 35 heavy (non-hydrogen) atoms. The molecule has 1 fully saturated rings. The lowest BCUT2D eigenvalue weighted by molar-refractivity contribution is -0.274. The molecular formula is C23H21F3N4O4S. The van der Waals surface area contributed by atoms with Crippen LogP contribution >= 0.6 is 0 Å². The van der Waals surface area contributed by atoms with E-state index in [0.717, 1.165) is 40.6 Å². The van der Waals surface area contributed by atoms with Gasteiger partial charge in [0, 0.05) is 17.0 Å². The summed E-state index contributed by atoms with van der Waals surface area (Å²) in [6.45, 7) is 0. The van der Waals surface area contributed by atoms with E-state index >= 15 is 0 Å². The normalized spacial score (nSPS) is 21.4. The van der Waals surface area contributed by atoms with Crippen molar-refractivity contribution in [3.8, 4) is 5.75 Å². The van der Waals surface area contributed by atoms with Gasteiger partial charge in [-0.15, -0.1) is 13.2 Å². The van der Waals surface area contributed by atoms with Gasteiger partial charge in [0.25, 0.3) is 0 Å². The minimum atomic E-state index is -4.88. The van der Waals surface area contributed by atoms with Crippen LogP contribution in [0.15, 0.2) is 66.0 Å². The van der Waals surface area contributed by atoms with E-state index in [0.29, 0.717) is 24.9 Å². The SMILES string of the molecule is O=S(=O)(N[C@H]1CCCC(n2c3ccccc3c3cncnc32)[C@@H]1O)c1ccc(OC(F)(F)F)cc1. The fraction of sp³-hybridized carbons (Fsp3) is 0.304. The number of hydrogen-bond donors (Lipinski definition) is 2. The van der Waals surface area contributed by atoms with Crippen molar-refractivity contribution in [1.82, 2.24) is 19.3 Å². The van der Waals surface area contributed by atoms with Crippen molar-refractivity contribution in [2.45, 2.75) is 48.7 Å². The molecule has 5 rings (SSSR count). The third-order valence-corrected chi connectivity index (χ3v) is 7.71. The van der Waals surface area contributed by atoms with Crippen LogP contribution in [-0.4, -0.2) is 46.6 Å². The van der Waals surface area contributed by atoms with E-state index < -0.39 is 40.3 Å². The topological polar surface area (TPSA) is 106 Å². The molecule has 184 valence electrons. The molecule has 8 nitrogen and oxygen atoms in total. The summed E-state index contributed by atoms with van der Waals surface area (Å²) >= 11 is 0. The van der Waals surface area contributed by atoms with Crippen molar-refractivity contribution in [3.05, 3.63) is 61.1 Å². The summed E-state index contributed by atoms with van der Waals surface area (Å²) in [5, 5.41) is 13.0. The minimum Gasteiger partial charge on any atom is -0.406 e. The van der Waals surface area contributed by atoms with Gasteiger partial charge in [-0.2, -0.15) is 0 Å². The van der Waals surface area contributed by atoms with Crippen molar-refractivity contribution in [2.24, 2.45) is 0 Å². The molecular weight excluding hydrogens is 485 g/mol. The minimum absolute atomic E-state index is 0.231. The van der Waals surface area contributed by atoms with Crippen LogP contribution in [0, 0.1) is 0 Å². The van der Waals surface area contributed by atoms with Crippen molar-refractivity contribution < 1.29 is 31.4 Å². The molecule has 3 atom stereocenters. The fourth-order valence-corrected chi connectivity index (χ4v) is 6.01. The van der Waals surface area contributed by atoms with Gasteiger partial charge >= 0.3 is 6.36 Å². The Morgan fingerprint density at radius 2 is 1.80 bits per heavy atom. The first-order valence-corrected chi connectivity index (χ1v) is 12.4. The van der Waals surface area contributed by atoms with Gasteiger partial charge in [-0.05, 0) is 49.6 Å². The maximum atomic E-state index is 12.9. The number of aliphatic hydroxyl groups excluding tert-OH is 1. The van der Waals surface area contributed by atoms with Crippen molar-refractivity contribution >= 4 is 32.0 Å². The first-order valence-electron chi connectivity index (χ1n) is 10.9. The van der Waals surface area contributed by atoms with E-state index in [9.17, 15) is 26.7 Å². The molecule has 0 bridgehead atoms. The highest BCUT2D eigenvalue weighted by Gasteiger charge is 2.37. The summed E-state index contributed by atoms with van der Waals surface area (Å²) in [7, 11) is -4.11. The number of sulfonamides is 1. The third kappa shape index (κ3) is 4.56. The van der Waals surface area contributed by atoms with Crippen molar-refractivity contribution in [2.75, 3.05) is 0 Å². The van der Waals surface area contributed by atoms with Crippen molar-refractivity contribution in [3.63, 3.8) is 0 Å². The second-order valence-corrected chi connectivity index (χ2v) is 10.1. The van der Waals surface area contributed by atoms with Crippen LogP contribution in [0.1, 0.15) is 25.3 Å². The van der Waals surface area contributed by atoms with Gasteiger partial charge < -0.3 is 14.4 Å². The van der Waals surface area contributed by atoms with E-state index in [4.69, 9.17) is 0 Å². The van der Waals surface area contributed by atoms with Crippen LogP contribution in [0.25, 0.3) is 21.9 Å². The first-order chi connectivity index (χ1) is 16.6. The monoisotopic (exact) mass is 506 g/mol. The number of ether oxygens (including phenoxy) is 1. The summed E-state index contributed by atoms with van der Waals surface area (Å²) in [5.74, 6) is -0.525. The van der Waals surface area contributed by atoms with E-state index in [1.54, 1.807) is 6.20 Å². The summed E-state index contributed by atoms with van der Waals surface area (Å²) in [4.78, 5) is 8.30. The highest BCUT2D eigenvalue weighted by Crippen LogP contribution is 2.37. The number of benzene rings is 2. The molecule has 2 aromatic heterocycles. The Balaban J connectivity index is 1.42. The van der Waals surface area contributed by atoms with Crippen molar-refractivity contribution in [1.29, 1.82) is 0 Å². The summed E-state index contributed by atoms with van der Waals surface area (Å²) < 4.78 is 71.3. The standard InChI is InChI=1S/C23H21F3N4O4S/c24-23(25,26)34-14-8-10-15(11-9-14)35(32,33)29-18-5-3-7-20(21(18)31)30-19-6-2-1-4-16(19)17-12-27-13-28-22(17)30/h1-2,4,6,8-13,18,20-21,29,31H,3,5,7H2/t18-,20?,21+/m0/s1. The van der Waals surface area contributed by atoms with E-state index in [1.807, 2.05) is 28.8 Å². The smallest absolute Gasteiger partial charge is 0.406 e. The molecule has 1 aliphatic carbocycles. The van der Waals surface area contributed by atoms with E-state index in [2.05, 4.69) is 19.4 Å². The van der Waals surface area contributed by atoms with E-state index in [1.165, 1.54) is 6.33 Å². The predicted octanol–water partition coefficient (Wildman–Crippen LogP) is 3.92. The summed E-state index contributed by atoms with van der Waals surface area (Å²) in [5.41, 5.74) is 1.50. The lowest BCUT2D eigenvalue weighted by atomic mass is 9.88. The van der Waals surface area contributed by atoms with Crippen LogP contribution in [0.4, 0.5) is 13.2 Å². The average Bonchev–Trinajstić information content (AvgIpc) is 3.14. The molecule has 0 spiro atoms. The van der Waals surface area contributed by atoms with Crippen LogP contribution in [-0.2, 0) is 10.0 Å². The summed E-state index contributed by atoms with van der Waals surface area (Å²) in [6, 6.07) is 10.3. The molecule has 2 N–H and O–H groups in total. The molecule has 12 heteroatoms. The molecule has 1 saturated carbocycles.